The number of nitrogens with one attached hydrogen (secondary N) is 1. The normalized spacial score (nSPS) is 12.8. The maximum Gasteiger partial charge on any atom is 0.104 e. The molecule has 0 heterocycles. The molecule has 2 N–H and O–H groups in total. The van der Waals surface area contributed by atoms with Gasteiger partial charge in [-0.05, 0) is 19.4 Å². The first-order valence-electron chi connectivity index (χ1n) is 9.22. The Balaban J connectivity index is 2.96. The van der Waals surface area contributed by atoms with Crippen LogP contribution in [0.5, 0.6) is 0 Å². The molecule has 0 aliphatic rings. The van der Waals surface area contributed by atoms with E-state index >= 15 is 0 Å². The van der Waals surface area contributed by atoms with Gasteiger partial charge in [-0.1, -0.05) is 90.9 Å². The van der Waals surface area contributed by atoms with E-state index in [9.17, 15) is 5.11 Å². The highest BCUT2D eigenvalue weighted by Crippen LogP contribution is 2.12. The third-order valence-corrected chi connectivity index (χ3v) is 4.05. The van der Waals surface area contributed by atoms with E-state index < -0.39 is 0 Å². The van der Waals surface area contributed by atoms with Crippen molar-refractivity contribution in [2.75, 3.05) is 6.54 Å². The maximum absolute atomic E-state index is 9.34. The lowest BCUT2D eigenvalue weighted by Crippen LogP contribution is -2.28. The lowest BCUT2D eigenvalue weighted by Gasteiger charge is -2.09. The average molecular weight is 286 g/mol. The van der Waals surface area contributed by atoms with Crippen LogP contribution < -0.4 is 5.32 Å². The molecule has 0 spiro atoms. The summed E-state index contributed by atoms with van der Waals surface area (Å²) in [4.78, 5) is 0. The van der Waals surface area contributed by atoms with Crippen LogP contribution in [0.3, 0.4) is 0 Å². The summed E-state index contributed by atoms with van der Waals surface area (Å²) in [5.74, 6) is 0. The molecule has 0 saturated carbocycles. The van der Waals surface area contributed by atoms with Crippen molar-refractivity contribution in [2.45, 2.75) is 110 Å². The van der Waals surface area contributed by atoms with Crippen LogP contribution in [0.2, 0.25) is 0 Å². The van der Waals surface area contributed by atoms with E-state index in [-0.39, 0.29) is 6.23 Å². The minimum absolute atomic E-state index is 0.299. The largest absolute Gasteiger partial charge is 0.379 e. The molecule has 0 bridgehead atoms. The van der Waals surface area contributed by atoms with E-state index in [2.05, 4.69) is 12.2 Å². The van der Waals surface area contributed by atoms with Crippen LogP contribution in [0.15, 0.2) is 0 Å². The van der Waals surface area contributed by atoms with Crippen LogP contribution >= 0.6 is 0 Å². The van der Waals surface area contributed by atoms with Crippen molar-refractivity contribution in [3.8, 4) is 0 Å². The molecule has 122 valence electrons. The van der Waals surface area contributed by atoms with Crippen molar-refractivity contribution in [1.82, 2.24) is 5.32 Å². The second kappa shape index (κ2) is 17.0. The number of hydrogen-bond acceptors (Lipinski definition) is 2. The first kappa shape index (κ1) is 19.9. The first-order valence-corrected chi connectivity index (χ1v) is 9.22. The van der Waals surface area contributed by atoms with Crippen LogP contribution in [0.25, 0.3) is 0 Å². The van der Waals surface area contributed by atoms with Crippen molar-refractivity contribution >= 4 is 0 Å². The van der Waals surface area contributed by atoms with Crippen LogP contribution in [-0.2, 0) is 0 Å². The van der Waals surface area contributed by atoms with E-state index in [4.69, 9.17) is 0 Å². The minimum Gasteiger partial charge on any atom is -0.379 e. The zero-order valence-electron chi connectivity index (χ0n) is 14.1. The Morgan fingerprint density at radius 2 is 1.05 bits per heavy atom. The number of aliphatic hydroxyl groups excluding tert-OH is 1. The summed E-state index contributed by atoms with van der Waals surface area (Å²) in [6.45, 7) is 5.25. The molecule has 0 aromatic rings. The smallest absolute Gasteiger partial charge is 0.104 e. The highest BCUT2D eigenvalue weighted by atomic mass is 16.3. The Morgan fingerprint density at radius 1 is 0.650 bits per heavy atom. The molecule has 0 aromatic carbocycles. The van der Waals surface area contributed by atoms with Gasteiger partial charge in [0.1, 0.15) is 6.23 Å². The molecule has 1 atom stereocenters. The van der Waals surface area contributed by atoms with Gasteiger partial charge in [-0.25, -0.2) is 0 Å². The predicted octanol–water partition coefficient (Wildman–Crippen LogP) is 5.40. The molecule has 2 nitrogen and oxygen atoms in total. The number of unbranched alkanes of at least 4 members (excludes halogenated alkanes) is 12. The summed E-state index contributed by atoms with van der Waals surface area (Å²) in [6, 6.07) is 0. The molecule has 2 heteroatoms. The summed E-state index contributed by atoms with van der Waals surface area (Å²) in [6.07, 6.45) is 18.6. The fourth-order valence-corrected chi connectivity index (χ4v) is 2.56. The Morgan fingerprint density at radius 3 is 1.45 bits per heavy atom. The van der Waals surface area contributed by atoms with E-state index in [1.807, 2.05) is 6.92 Å². The van der Waals surface area contributed by atoms with Crippen LogP contribution in [0.4, 0.5) is 0 Å². The third kappa shape index (κ3) is 16.0. The third-order valence-electron chi connectivity index (χ3n) is 4.05. The Kier molecular flexibility index (Phi) is 16.9. The van der Waals surface area contributed by atoms with E-state index in [0.717, 1.165) is 13.0 Å². The molecule has 0 amide bonds. The van der Waals surface area contributed by atoms with Gasteiger partial charge in [-0.15, -0.1) is 0 Å². The topological polar surface area (TPSA) is 32.3 Å². The summed E-state index contributed by atoms with van der Waals surface area (Å²) < 4.78 is 0. The second-order valence-electron chi connectivity index (χ2n) is 6.12. The molecule has 0 aliphatic heterocycles. The standard InChI is InChI=1S/C18H39NO/c1-3-5-6-7-8-9-10-11-12-13-14-15-16-17-19-18(20)4-2/h18-20H,3-17H2,1-2H3/t18-/m0/s1. The highest BCUT2D eigenvalue weighted by Gasteiger charge is 1.97. The molecule has 0 rings (SSSR count). The van der Waals surface area contributed by atoms with Gasteiger partial charge in [0.15, 0.2) is 0 Å². The fraction of sp³-hybridized carbons (Fsp3) is 1.00. The predicted molar refractivity (Wildman–Crippen MR) is 90.0 cm³/mol. The van der Waals surface area contributed by atoms with Crippen molar-refractivity contribution in [2.24, 2.45) is 0 Å². The number of aliphatic hydroxyl groups is 1. The van der Waals surface area contributed by atoms with Gasteiger partial charge in [0, 0.05) is 0 Å². The fourth-order valence-electron chi connectivity index (χ4n) is 2.56. The van der Waals surface area contributed by atoms with Crippen molar-refractivity contribution < 1.29 is 5.11 Å². The first-order chi connectivity index (χ1) is 9.81. The molecule has 0 aliphatic carbocycles. The van der Waals surface area contributed by atoms with Gasteiger partial charge in [-0.3, -0.25) is 5.32 Å². The Hall–Kier alpha value is -0.0800. The maximum atomic E-state index is 9.34. The monoisotopic (exact) mass is 285 g/mol. The minimum atomic E-state index is -0.299. The molecule has 0 aromatic heterocycles. The van der Waals surface area contributed by atoms with Crippen LogP contribution in [0, 0.1) is 0 Å². The summed E-state index contributed by atoms with van der Waals surface area (Å²) in [7, 11) is 0. The van der Waals surface area contributed by atoms with Crippen LogP contribution in [0.1, 0.15) is 104 Å². The van der Waals surface area contributed by atoms with Gasteiger partial charge in [0.2, 0.25) is 0 Å². The lowest BCUT2D eigenvalue weighted by molar-refractivity contribution is 0.133. The van der Waals surface area contributed by atoms with Gasteiger partial charge in [0.25, 0.3) is 0 Å². The molecule has 0 fully saturated rings. The van der Waals surface area contributed by atoms with E-state index in [0.29, 0.717) is 0 Å². The highest BCUT2D eigenvalue weighted by molar-refractivity contribution is 4.52. The zero-order chi connectivity index (χ0) is 14.9. The quantitative estimate of drug-likeness (QED) is 0.294. The van der Waals surface area contributed by atoms with E-state index in [1.54, 1.807) is 0 Å². The zero-order valence-corrected chi connectivity index (χ0v) is 14.1. The Labute approximate surface area is 127 Å². The second-order valence-corrected chi connectivity index (χ2v) is 6.12. The van der Waals surface area contributed by atoms with Gasteiger partial charge in [-0.2, -0.15) is 0 Å². The van der Waals surface area contributed by atoms with Crippen molar-refractivity contribution in [3.63, 3.8) is 0 Å². The molecule has 0 radical (unpaired) electrons. The molecule has 0 saturated heterocycles. The summed E-state index contributed by atoms with van der Waals surface area (Å²) in [5.41, 5.74) is 0. The summed E-state index contributed by atoms with van der Waals surface area (Å²) in [5, 5.41) is 12.5. The Bertz CT molecular complexity index is 173. The molecular formula is C18H39NO. The SMILES string of the molecule is CCCCCCCCCCCCCCCN[C@@H](O)CC. The number of rotatable bonds is 16. The molecule has 20 heavy (non-hydrogen) atoms. The van der Waals surface area contributed by atoms with Crippen LogP contribution in [-0.4, -0.2) is 17.9 Å². The van der Waals surface area contributed by atoms with E-state index in [1.165, 1.54) is 83.5 Å². The van der Waals surface area contributed by atoms with Gasteiger partial charge in [0.05, 0.1) is 0 Å². The van der Waals surface area contributed by atoms with Gasteiger partial charge < -0.3 is 5.11 Å². The number of hydrogen-bond donors (Lipinski definition) is 2. The summed E-state index contributed by atoms with van der Waals surface area (Å²) >= 11 is 0. The molecule has 0 unspecified atom stereocenters. The molecular weight excluding hydrogens is 246 g/mol. The van der Waals surface area contributed by atoms with Crippen molar-refractivity contribution in [3.05, 3.63) is 0 Å². The van der Waals surface area contributed by atoms with Gasteiger partial charge >= 0.3 is 0 Å². The van der Waals surface area contributed by atoms with Crippen molar-refractivity contribution in [1.29, 1.82) is 0 Å². The average Bonchev–Trinajstić information content (AvgIpc) is 2.47. The lowest BCUT2D eigenvalue weighted by atomic mass is 10.0.